The number of hydrogen-bond acceptors (Lipinski definition) is 5. The Hall–Kier alpha value is -2.35. The lowest BCUT2D eigenvalue weighted by Gasteiger charge is -2.15. The van der Waals surface area contributed by atoms with E-state index in [9.17, 15) is 9.59 Å². The van der Waals surface area contributed by atoms with Gasteiger partial charge in [0.05, 0.1) is 29.6 Å². The molecule has 1 aliphatic heterocycles. The summed E-state index contributed by atoms with van der Waals surface area (Å²) in [5, 5.41) is 6.31. The molecule has 0 radical (unpaired) electrons. The summed E-state index contributed by atoms with van der Waals surface area (Å²) in [5.41, 5.74) is 1.43. The van der Waals surface area contributed by atoms with Gasteiger partial charge >= 0.3 is 0 Å². The number of allylic oxidation sites excluding steroid dienone is 2. The van der Waals surface area contributed by atoms with Gasteiger partial charge in [-0.05, 0) is 64.0 Å². The van der Waals surface area contributed by atoms with E-state index in [0.29, 0.717) is 31.6 Å². The smallest absolute Gasteiger partial charge is 0.254 e. The second-order valence-electron chi connectivity index (χ2n) is 8.29. The number of benzene rings is 2. The number of hydrazone groups is 1. The molecule has 2 amide bonds. The highest BCUT2D eigenvalue weighted by atomic mass is 79.9. The summed E-state index contributed by atoms with van der Waals surface area (Å²) in [6, 6.07) is 8.71. The van der Waals surface area contributed by atoms with E-state index >= 15 is 0 Å². The lowest BCUT2D eigenvalue weighted by molar-refractivity contribution is -0.140. The lowest BCUT2D eigenvalue weighted by Crippen LogP contribution is -2.28. The molecule has 2 aliphatic carbocycles. The maximum atomic E-state index is 12.8. The molecule has 1 heterocycles. The molecule has 170 valence electrons. The Morgan fingerprint density at radius 1 is 1.12 bits per heavy atom. The average molecular weight is 550 g/mol. The molecule has 9 heteroatoms. The van der Waals surface area contributed by atoms with Crippen LogP contribution < -0.4 is 9.47 Å². The summed E-state index contributed by atoms with van der Waals surface area (Å²) < 4.78 is 12.1. The van der Waals surface area contributed by atoms with Crippen LogP contribution in [-0.2, 0) is 16.2 Å². The fourth-order valence-corrected chi connectivity index (χ4v) is 5.91. The monoisotopic (exact) mass is 548 g/mol. The second-order valence-corrected chi connectivity index (χ2v) is 9.99. The molecule has 0 aromatic heterocycles. The van der Waals surface area contributed by atoms with Gasteiger partial charge in [-0.15, -0.1) is 0 Å². The average Bonchev–Trinajstić information content (AvgIpc) is 3.46. The molecule has 3 aliphatic rings. The summed E-state index contributed by atoms with van der Waals surface area (Å²) in [4.78, 5) is 25.6. The van der Waals surface area contributed by atoms with E-state index in [1.54, 1.807) is 30.3 Å². The maximum absolute atomic E-state index is 12.8. The molecule has 1 saturated carbocycles. The van der Waals surface area contributed by atoms with Crippen LogP contribution >= 0.6 is 39.1 Å². The fourth-order valence-electron chi connectivity index (χ4n) is 4.87. The standard InChI is InChI=1S/C24H19BrCl2N2O4/c1-32-19-7-12(6-17(25)22(19)33-11-15-4-5-16(26)9-18(15)27)10-28-29-23(30)20-13-2-3-14(8-13)21(20)24(29)31/h2-7,9-10,13-14,20-21H,8,11H2,1H3/b28-10-/t13-,14-,20+,21+/m0/s1. The first kappa shape index (κ1) is 22.4. The molecule has 2 bridgehead atoms. The van der Waals surface area contributed by atoms with Crippen molar-refractivity contribution < 1.29 is 19.1 Å². The van der Waals surface area contributed by atoms with E-state index in [1.165, 1.54) is 13.3 Å². The Morgan fingerprint density at radius 2 is 1.82 bits per heavy atom. The molecular weight excluding hydrogens is 531 g/mol. The predicted octanol–water partition coefficient (Wildman–Crippen LogP) is 5.48. The highest BCUT2D eigenvalue weighted by molar-refractivity contribution is 9.10. The van der Waals surface area contributed by atoms with Crippen molar-refractivity contribution in [2.45, 2.75) is 13.0 Å². The van der Waals surface area contributed by atoms with Gasteiger partial charge in [-0.2, -0.15) is 10.1 Å². The van der Waals surface area contributed by atoms with Crippen LogP contribution in [0.15, 0.2) is 52.1 Å². The highest BCUT2D eigenvalue weighted by Crippen LogP contribution is 2.52. The Bertz CT molecular complexity index is 1190. The van der Waals surface area contributed by atoms with Crippen molar-refractivity contribution in [1.29, 1.82) is 0 Å². The summed E-state index contributed by atoms with van der Waals surface area (Å²) in [6.07, 6.45) is 6.49. The Balaban J connectivity index is 1.33. The van der Waals surface area contributed by atoms with Crippen molar-refractivity contribution in [3.05, 3.63) is 68.1 Å². The van der Waals surface area contributed by atoms with E-state index in [0.717, 1.165) is 17.0 Å². The molecule has 0 unspecified atom stereocenters. The zero-order chi connectivity index (χ0) is 23.3. The normalized spacial score (nSPS) is 25.4. The van der Waals surface area contributed by atoms with Gasteiger partial charge in [-0.1, -0.05) is 41.4 Å². The van der Waals surface area contributed by atoms with Crippen molar-refractivity contribution >= 4 is 57.2 Å². The van der Waals surface area contributed by atoms with Crippen molar-refractivity contribution in [3.63, 3.8) is 0 Å². The summed E-state index contributed by atoms with van der Waals surface area (Å²) >= 11 is 15.7. The maximum Gasteiger partial charge on any atom is 0.254 e. The van der Waals surface area contributed by atoms with Gasteiger partial charge in [-0.25, -0.2) is 0 Å². The zero-order valence-corrected chi connectivity index (χ0v) is 20.6. The quantitative estimate of drug-likeness (QED) is 0.271. The van der Waals surface area contributed by atoms with Gasteiger partial charge < -0.3 is 9.47 Å². The minimum Gasteiger partial charge on any atom is -0.493 e. The first-order valence-corrected chi connectivity index (χ1v) is 12.0. The number of fused-ring (bicyclic) bond motifs is 5. The number of amides is 2. The van der Waals surface area contributed by atoms with Crippen LogP contribution in [0.2, 0.25) is 10.0 Å². The molecule has 2 fully saturated rings. The van der Waals surface area contributed by atoms with Gasteiger partial charge in [0, 0.05) is 15.6 Å². The minimum atomic E-state index is -0.276. The SMILES string of the molecule is COc1cc(/C=N\N2C(=O)[C@H]3[C@H](C2=O)[C@H]2C=C[C@H]3C2)cc(Br)c1OCc1ccc(Cl)cc1Cl. The van der Waals surface area contributed by atoms with Crippen LogP contribution in [0.1, 0.15) is 17.5 Å². The second kappa shape index (κ2) is 8.78. The fraction of sp³-hybridized carbons (Fsp3) is 0.292. The molecular formula is C24H19BrCl2N2O4. The Kier molecular flexibility index (Phi) is 5.97. The topological polar surface area (TPSA) is 68.2 Å². The lowest BCUT2D eigenvalue weighted by atomic mass is 9.85. The van der Waals surface area contributed by atoms with Crippen LogP contribution in [0.4, 0.5) is 0 Å². The molecule has 1 saturated heterocycles. The van der Waals surface area contributed by atoms with Crippen LogP contribution in [-0.4, -0.2) is 30.1 Å². The Labute approximate surface area is 209 Å². The number of halogens is 3. The van der Waals surface area contributed by atoms with E-state index < -0.39 is 0 Å². The predicted molar refractivity (Wildman–Crippen MR) is 129 cm³/mol. The summed E-state index contributed by atoms with van der Waals surface area (Å²) in [5.74, 6) is 0.267. The van der Waals surface area contributed by atoms with E-state index in [1.807, 2.05) is 0 Å². The van der Waals surface area contributed by atoms with Gasteiger partial charge in [0.15, 0.2) is 11.5 Å². The number of carbonyl (C=O) groups excluding carboxylic acids is 2. The first-order chi connectivity index (χ1) is 15.9. The number of hydrogen-bond donors (Lipinski definition) is 0. The van der Waals surface area contributed by atoms with Crippen LogP contribution in [0.25, 0.3) is 0 Å². The van der Waals surface area contributed by atoms with Gasteiger partial charge in [-0.3, -0.25) is 9.59 Å². The van der Waals surface area contributed by atoms with Gasteiger partial charge in [0.2, 0.25) is 0 Å². The zero-order valence-electron chi connectivity index (χ0n) is 17.5. The number of methoxy groups -OCH3 is 1. The van der Waals surface area contributed by atoms with Crippen molar-refractivity contribution in [1.82, 2.24) is 5.01 Å². The van der Waals surface area contributed by atoms with Gasteiger partial charge in [0.1, 0.15) is 6.61 Å². The van der Waals surface area contributed by atoms with E-state index in [2.05, 4.69) is 33.2 Å². The van der Waals surface area contributed by atoms with E-state index in [4.69, 9.17) is 32.7 Å². The number of ether oxygens (including phenoxy) is 2. The van der Waals surface area contributed by atoms with Crippen molar-refractivity contribution in [3.8, 4) is 11.5 Å². The summed E-state index contributed by atoms with van der Waals surface area (Å²) in [7, 11) is 1.53. The molecule has 33 heavy (non-hydrogen) atoms. The first-order valence-electron chi connectivity index (χ1n) is 10.4. The molecule has 0 spiro atoms. The number of imide groups is 1. The van der Waals surface area contributed by atoms with Crippen LogP contribution in [0.5, 0.6) is 11.5 Å². The third-order valence-electron chi connectivity index (χ3n) is 6.41. The highest BCUT2D eigenvalue weighted by Gasteiger charge is 2.59. The molecule has 6 nitrogen and oxygen atoms in total. The molecule has 0 N–H and O–H groups in total. The molecule has 2 aromatic carbocycles. The van der Waals surface area contributed by atoms with Crippen molar-refractivity contribution in [2.75, 3.05) is 7.11 Å². The van der Waals surface area contributed by atoms with Crippen LogP contribution in [0.3, 0.4) is 0 Å². The largest absolute Gasteiger partial charge is 0.493 e. The third kappa shape index (κ3) is 3.96. The minimum absolute atomic E-state index is 0.150. The molecule has 5 rings (SSSR count). The van der Waals surface area contributed by atoms with Crippen LogP contribution in [0, 0.1) is 23.7 Å². The van der Waals surface area contributed by atoms with Crippen molar-refractivity contribution in [2.24, 2.45) is 28.8 Å². The van der Waals surface area contributed by atoms with E-state index in [-0.39, 0.29) is 42.1 Å². The number of nitrogens with zero attached hydrogens (tertiary/aromatic N) is 2. The van der Waals surface area contributed by atoms with Gasteiger partial charge in [0.25, 0.3) is 11.8 Å². The Morgan fingerprint density at radius 3 is 2.45 bits per heavy atom. The molecule has 2 aromatic rings. The third-order valence-corrected chi connectivity index (χ3v) is 7.58. The summed E-state index contributed by atoms with van der Waals surface area (Å²) in [6.45, 7) is 0.217. The molecule has 4 atom stereocenters. The number of carbonyl (C=O) groups is 2. The number of rotatable bonds is 6.